The van der Waals surface area contributed by atoms with E-state index >= 15 is 0 Å². The zero-order valence-electron chi connectivity index (χ0n) is 12.1. The van der Waals surface area contributed by atoms with E-state index < -0.39 is 0 Å². The van der Waals surface area contributed by atoms with Gasteiger partial charge in [-0.05, 0) is 59.7 Å². The summed E-state index contributed by atoms with van der Waals surface area (Å²) in [5.41, 5.74) is 0.655. The summed E-state index contributed by atoms with van der Waals surface area (Å²) in [6.07, 6.45) is 4.18. The summed E-state index contributed by atoms with van der Waals surface area (Å²) >= 11 is 2.19. The first kappa shape index (κ1) is 15.2. The van der Waals surface area contributed by atoms with Crippen molar-refractivity contribution in [2.24, 2.45) is 0 Å². The molecular formula is C16H17IN4O. The van der Waals surface area contributed by atoms with Gasteiger partial charge < -0.3 is 10.2 Å². The van der Waals surface area contributed by atoms with Gasteiger partial charge in [-0.1, -0.05) is 6.07 Å². The number of rotatable bonds is 4. The first-order valence-electron chi connectivity index (χ1n) is 7.33. The molecule has 2 heterocycles. The maximum Gasteiger partial charge on any atom is 0.251 e. The van der Waals surface area contributed by atoms with Gasteiger partial charge in [-0.25, -0.2) is 9.97 Å². The molecule has 5 nitrogen and oxygen atoms in total. The predicted octanol–water partition coefficient (Wildman–Crippen LogP) is 2.61. The molecule has 1 saturated heterocycles. The summed E-state index contributed by atoms with van der Waals surface area (Å²) in [5.74, 6) is 1.49. The number of aromatic nitrogens is 2. The number of hydrogen-bond donors (Lipinski definition) is 1. The van der Waals surface area contributed by atoms with Crippen LogP contribution < -0.4 is 10.2 Å². The van der Waals surface area contributed by atoms with Crippen LogP contribution in [-0.4, -0.2) is 29.0 Å². The number of benzene rings is 1. The Morgan fingerprint density at radius 3 is 2.86 bits per heavy atom. The molecular weight excluding hydrogens is 391 g/mol. The highest BCUT2D eigenvalue weighted by Crippen LogP contribution is 2.16. The summed E-state index contributed by atoms with van der Waals surface area (Å²) < 4.78 is 1.04. The fraction of sp³-hybridized carbons (Fsp3) is 0.312. The molecule has 114 valence electrons. The number of carbonyl (C=O) groups excluding carboxylic acids is 1. The molecule has 6 heteroatoms. The quantitative estimate of drug-likeness (QED) is 0.791. The van der Waals surface area contributed by atoms with Crippen LogP contribution in [0.15, 0.2) is 36.5 Å². The summed E-state index contributed by atoms with van der Waals surface area (Å²) in [7, 11) is 0. The van der Waals surface area contributed by atoms with Crippen molar-refractivity contribution >= 4 is 34.3 Å². The zero-order valence-corrected chi connectivity index (χ0v) is 14.3. The number of anilines is 1. The Morgan fingerprint density at radius 2 is 2.09 bits per heavy atom. The third kappa shape index (κ3) is 3.73. The van der Waals surface area contributed by atoms with E-state index in [9.17, 15) is 4.79 Å². The summed E-state index contributed by atoms with van der Waals surface area (Å²) in [5, 5.41) is 2.87. The second-order valence-electron chi connectivity index (χ2n) is 5.22. The Balaban J connectivity index is 1.63. The molecule has 1 fully saturated rings. The number of nitrogens with one attached hydrogen (secondary N) is 1. The Bertz CT molecular complexity index is 671. The standard InChI is InChI=1S/C16H17IN4O/c17-13-5-3-4-12(10-13)16(22)19-11-14-18-7-6-15(20-14)21-8-1-2-9-21/h3-7,10H,1-2,8-9,11H2,(H,19,22). The monoisotopic (exact) mass is 408 g/mol. The van der Waals surface area contributed by atoms with E-state index in [0.29, 0.717) is 17.9 Å². The number of amides is 1. The van der Waals surface area contributed by atoms with Gasteiger partial charge in [0.15, 0.2) is 0 Å². The van der Waals surface area contributed by atoms with Gasteiger partial charge in [0, 0.05) is 28.4 Å². The highest BCUT2D eigenvalue weighted by molar-refractivity contribution is 14.1. The molecule has 0 bridgehead atoms. The van der Waals surface area contributed by atoms with Gasteiger partial charge in [-0.15, -0.1) is 0 Å². The third-order valence-corrected chi connectivity index (χ3v) is 4.29. The largest absolute Gasteiger partial charge is 0.357 e. The van der Waals surface area contributed by atoms with Crippen LogP contribution in [0.5, 0.6) is 0 Å². The van der Waals surface area contributed by atoms with Crippen molar-refractivity contribution in [3.05, 3.63) is 51.5 Å². The van der Waals surface area contributed by atoms with Crippen molar-refractivity contribution in [3.63, 3.8) is 0 Å². The Labute approximate surface area is 143 Å². The van der Waals surface area contributed by atoms with Crippen molar-refractivity contribution in [3.8, 4) is 0 Å². The Kier molecular flexibility index (Phi) is 4.87. The highest BCUT2D eigenvalue weighted by atomic mass is 127. The lowest BCUT2D eigenvalue weighted by molar-refractivity contribution is 0.0950. The van der Waals surface area contributed by atoms with Crippen LogP contribution in [0.2, 0.25) is 0 Å². The zero-order chi connectivity index (χ0) is 15.4. The van der Waals surface area contributed by atoms with E-state index in [1.165, 1.54) is 12.8 Å². The van der Waals surface area contributed by atoms with Gasteiger partial charge >= 0.3 is 0 Å². The van der Waals surface area contributed by atoms with Crippen molar-refractivity contribution in [2.75, 3.05) is 18.0 Å². The fourth-order valence-electron chi connectivity index (χ4n) is 2.49. The smallest absolute Gasteiger partial charge is 0.251 e. The van der Waals surface area contributed by atoms with Gasteiger partial charge in [0.2, 0.25) is 0 Å². The molecule has 1 aromatic carbocycles. The molecule has 3 rings (SSSR count). The Morgan fingerprint density at radius 1 is 1.27 bits per heavy atom. The molecule has 1 N–H and O–H groups in total. The molecule has 22 heavy (non-hydrogen) atoms. The molecule has 1 aromatic heterocycles. The third-order valence-electron chi connectivity index (χ3n) is 3.61. The van der Waals surface area contributed by atoms with Gasteiger partial charge in [0.1, 0.15) is 11.6 Å². The lowest BCUT2D eigenvalue weighted by Gasteiger charge is -2.16. The number of carbonyl (C=O) groups is 1. The number of nitrogens with zero attached hydrogens (tertiary/aromatic N) is 3. The van der Waals surface area contributed by atoms with E-state index in [2.05, 4.69) is 42.8 Å². The molecule has 1 aliphatic rings. The van der Waals surface area contributed by atoms with Crippen LogP contribution in [0, 0.1) is 3.57 Å². The predicted molar refractivity (Wildman–Crippen MR) is 93.8 cm³/mol. The maximum absolute atomic E-state index is 12.1. The van der Waals surface area contributed by atoms with Gasteiger partial charge in [0.05, 0.1) is 6.54 Å². The summed E-state index contributed by atoms with van der Waals surface area (Å²) in [6.45, 7) is 2.43. The minimum Gasteiger partial charge on any atom is -0.357 e. The van der Waals surface area contributed by atoms with E-state index in [4.69, 9.17) is 0 Å². The van der Waals surface area contributed by atoms with Crippen LogP contribution >= 0.6 is 22.6 Å². The number of halogens is 1. The van der Waals surface area contributed by atoms with Gasteiger partial charge in [0.25, 0.3) is 5.91 Å². The van der Waals surface area contributed by atoms with E-state index in [0.717, 1.165) is 22.5 Å². The van der Waals surface area contributed by atoms with E-state index in [-0.39, 0.29) is 5.91 Å². The Hall–Kier alpha value is -1.70. The molecule has 0 radical (unpaired) electrons. The molecule has 1 aliphatic heterocycles. The molecule has 0 aliphatic carbocycles. The first-order valence-corrected chi connectivity index (χ1v) is 8.41. The van der Waals surface area contributed by atoms with E-state index in [1.54, 1.807) is 12.3 Å². The minimum atomic E-state index is -0.103. The minimum absolute atomic E-state index is 0.103. The SMILES string of the molecule is O=C(NCc1nccc(N2CCCC2)n1)c1cccc(I)c1. The molecule has 1 amide bonds. The average Bonchev–Trinajstić information content (AvgIpc) is 3.07. The van der Waals surface area contributed by atoms with Crippen LogP contribution in [0.4, 0.5) is 5.82 Å². The molecule has 0 atom stereocenters. The fourth-order valence-corrected chi connectivity index (χ4v) is 3.03. The van der Waals surface area contributed by atoms with Crippen LogP contribution in [0.3, 0.4) is 0 Å². The summed E-state index contributed by atoms with van der Waals surface area (Å²) in [6, 6.07) is 9.42. The van der Waals surface area contributed by atoms with Gasteiger partial charge in [-0.3, -0.25) is 4.79 Å². The maximum atomic E-state index is 12.1. The highest BCUT2D eigenvalue weighted by Gasteiger charge is 2.14. The van der Waals surface area contributed by atoms with Crippen molar-refractivity contribution in [1.82, 2.24) is 15.3 Å². The van der Waals surface area contributed by atoms with Crippen molar-refractivity contribution in [1.29, 1.82) is 0 Å². The number of hydrogen-bond acceptors (Lipinski definition) is 4. The second kappa shape index (κ2) is 7.04. The lowest BCUT2D eigenvalue weighted by Crippen LogP contribution is -2.25. The topological polar surface area (TPSA) is 58.1 Å². The van der Waals surface area contributed by atoms with E-state index in [1.807, 2.05) is 24.3 Å². The molecule has 0 spiro atoms. The van der Waals surface area contributed by atoms with Gasteiger partial charge in [-0.2, -0.15) is 0 Å². The van der Waals surface area contributed by atoms with Crippen LogP contribution in [0.25, 0.3) is 0 Å². The van der Waals surface area contributed by atoms with Crippen molar-refractivity contribution < 1.29 is 4.79 Å². The molecule has 0 unspecified atom stereocenters. The normalized spacial score (nSPS) is 14.1. The summed E-state index contributed by atoms with van der Waals surface area (Å²) in [4.78, 5) is 23.2. The average molecular weight is 408 g/mol. The lowest BCUT2D eigenvalue weighted by atomic mass is 10.2. The molecule has 2 aromatic rings. The van der Waals surface area contributed by atoms with Crippen molar-refractivity contribution in [2.45, 2.75) is 19.4 Å². The molecule has 0 saturated carbocycles. The van der Waals surface area contributed by atoms with Crippen LogP contribution in [0.1, 0.15) is 29.0 Å². The second-order valence-corrected chi connectivity index (χ2v) is 6.46. The van der Waals surface area contributed by atoms with Crippen LogP contribution in [-0.2, 0) is 6.54 Å². The first-order chi connectivity index (χ1) is 10.7.